The zero-order chi connectivity index (χ0) is 28.7. The van der Waals surface area contributed by atoms with Gasteiger partial charge in [-0.2, -0.15) is 0 Å². The number of carbonyl (C=O) groups is 3. The van der Waals surface area contributed by atoms with Gasteiger partial charge in [0.15, 0.2) is 0 Å². The molecule has 210 valence electrons. The average Bonchev–Trinajstić information content (AvgIpc) is 3.31. The number of thiophene rings is 1. The topological polar surface area (TPSA) is 126 Å². The van der Waals surface area contributed by atoms with E-state index in [1.807, 2.05) is 44.2 Å². The number of pyridine rings is 2. The Morgan fingerprint density at radius 3 is 2.59 bits per heavy atom. The lowest BCUT2D eigenvalue weighted by atomic mass is 9.80. The molecule has 0 bridgehead atoms. The SMILES string of the molecule is CC(=O)NC1(C)CCC(NC(=O)c2sc3nccc4c3c2NC(=O)N4c2cnc(Oc3ccccc3)cc2C)CC1. The van der Waals surface area contributed by atoms with Gasteiger partial charge in [-0.25, -0.2) is 14.8 Å². The zero-order valence-electron chi connectivity index (χ0n) is 23.0. The summed E-state index contributed by atoms with van der Waals surface area (Å²) in [6.45, 7) is 5.46. The third-order valence-corrected chi connectivity index (χ3v) is 8.72. The number of aromatic nitrogens is 2. The van der Waals surface area contributed by atoms with E-state index in [-0.39, 0.29) is 29.4 Å². The summed E-state index contributed by atoms with van der Waals surface area (Å²) >= 11 is 1.26. The Morgan fingerprint density at radius 2 is 1.88 bits per heavy atom. The first-order valence-electron chi connectivity index (χ1n) is 13.5. The van der Waals surface area contributed by atoms with Gasteiger partial charge in [-0.15, -0.1) is 11.3 Å². The molecular weight excluding hydrogens is 540 g/mol. The van der Waals surface area contributed by atoms with Crippen molar-refractivity contribution in [1.82, 2.24) is 20.6 Å². The molecule has 4 amide bonds. The summed E-state index contributed by atoms with van der Waals surface area (Å²) in [5.74, 6) is 0.804. The van der Waals surface area contributed by atoms with Crippen molar-refractivity contribution in [2.45, 2.75) is 58.0 Å². The summed E-state index contributed by atoms with van der Waals surface area (Å²) in [5, 5.41) is 9.83. The Bertz CT molecular complexity index is 1660. The van der Waals surface area contributed by atoms with E-state index in [1.54, 1.807) is 29.4 Å². The van der Waals surface area contributed by atoms with Crippen LogP contribution in [0.15, 0.2) is 54.9 Å². The van der Waals surface area contributed by atoms with E-state index in [1.165, 1.54) is 18.3 Å². The number of hydrogen-bond acceptors (Lipinski definition) is 7. The quantitative estimate of drug-likeness (QED) is 0.259. The predicted octanol–water partition coefficient (Wildman–Crippen LogP) is 6.04. The molecule has 0 unspecified atom stereocenters. The predicted molar refractivity (Wildman–Crippen MR) is 158 cm³/mol. The lowest BCUT2D eigenvalue weighted by Gasteiger charge is -2.38. The molecular formula is C30H30N6O4S. The fraction of sp³-hybridized carbons (Fsp3) is 0.300. The van der Waals surface area contributed by atoms with Crippen LogP contribution in [0, 0.1) is 6.92 Å². The maximum atomic E-state index is 13.5. The van der Waals surface area contributed by atoms with Crippen molar-refractivity contribution < 1.29 is 19.1 Å². The van der Waals surface area contributed by atoms with Crippen molar-refractivity contribution >= 4 is 56.5 Å². The monoisotopic (exact) mass is 570 g/mol. The highest BCUT2D eigenvalue weighted by molar-refractivity contribution is 7.21. The molecule has 2 aliphatic rings. The molecule has 0 saturated heterocycles. The fourth-order valence-corrected chi connectivity index (χ4v) is 6.63. The normalized spacial score (nSPS) is 19.9. The van der Waals surface area contributed by atoms with Gasteiger partial charge in [0.1, 0.15) is 15.5 Å². The zero-order valence-corrected chi connectivity index (χ0v) is 23.8. The summed E-state index contributed by atoms with van der Waals surface area (Å²) in [6, 6.07) is 12.5. The molecule has 6 rings (SSSR count). The molecule has 3 aromatic heterocycles. The summed E-state index contributed by atoms with van der Waals surface area (Å²) in [7, 11) is 0. The van der Waals surface area contributed by atoms with Crippen LogP contribution >= 0.6 is 11.3 Å². The van der Waals surface area contributed by atoms with E-state index in [2.05, 4.69) is 25.9 Å². The summed E-state index contributed by atoms with van der Waals surface area (Å²) in [5.41, 5.74) is 2.25. The van der Waals surface area contributed by atoms with Crippen molar-refractivity contribution in [2.24, 2.45) is 0 Å². The number of anilines is 3. The van der Waals surface area contributed by atoms with E-state index >= 15 is 0 Å². The lowest BCUT2D eigenvalue weighted by molar-refractivity contribution is -0.121. The molecule has 1 aliphatic carbocycles. The molecule has 0 spiro atoms. The maximum Gasteiger partial charge on any atom is 0.331 e. The molecule has 1 aromatic carbocycles. The highest BCUT2D eigenvalue weighted by Gasteiger charge is 2.36. The molecule has 41 heavy (non-hydrogen) atoms. The van der Waals surface area contributed by atoms with Gasteiger partial charge in [-0.1, -0.05) is 18.2 Å². The van der Waals surface area contributed by atoms with Gasteiger partial charge in [0.2, 0.25) is 11.8 Å². The van der Waals surface area contributed by atoms with Crippen LogP contribution in [0.3, 0.4) is 0 Å². The minimum absolute atomic E-state index is 0.0182. The highest BCUT2D eigenvalue weighted by atomic mass is 32.1. The van der Waals surface area contributed by atoms with E-state index in [0.717, 1.165) is 31.2 Å². The molecule has 1 aliphatic heterocycles. The Balaban J connectivity index is 1.25. The van der Waals surface area contributed by atoms with Gasteiger partial charge in [-0.3, -0.25) is 14.5 Å². The van der Waals surface area contributed by atoms with Crippen molar-refractivity contribution in [2.75, 3.05) is 10.2 Å². The number of ether oxygens (including phenoxy) is 1. The molecule has 4 heterocycles. The lowest BCUT2D eigenvalue weighted by Crippen LogP contribution is -2.50. The number of rotatable bonds is 6. The Hall–Kier alpha value is -4.51. The van der Waals surface area contributed by atoms with Gasteiger partial charge in [0.05, 0.1) is 28.6 Å². The number of para-hydroxylation sites is 1. The average molecular weight is 571 g/mol. The first-order chi connectivity index (χ1) is 19.7. The van der Waals surface area contributed by atoms with E-state index in [9.17, 15) is 14.4 Å². The highest BCUT2D eigenvalue weighted by Crippen LogP contribution is 2.46. The van der Waals surface area contributed by atoms with Crippen molar-refractivity contribution in [1.29, 1.82) is 0 Å². The third-order valence-electron chi connectivity index (χ3n) is 7.62. The maximum absolute atomic E-state index is 13.5. The first kappa shape index (κ1) is 26.7. The van der Waals surface area contributed by atoms with Crippen molar-refractivity contribution in [3.63, 3.8) is 0 Å². The van der Waals surface area contributed by atoms with Gasteiger partial charge in [0.25, 0.3) is 5.91 Å². The van der Waals surface area contributed by atoms with Gasteiger partial charge >= 0.3 is 6.03 Å². The summed E-state index contributed by atoms with van der Waals surface area (Å²) in [6.07, 6.45) is 6.31. The number of nitrogens with zero attached hydrogens (tertiary/aromatic N) is 3. The molecule has 0 radical (unpaired) electrons. The molecule has 3 N–H and O–H groups in total. The standard InChI is InChI=1S/C30H30N6O4S/c1-17-15-23(40-20-7-5-4-6-8-20)32-16-22(17)36-21-11-14-31-28-24(21)25(34-29(36)39)26(41-28)27(38)33-19-9-12-30(3,13-10-19)35-18(2)37/h4-8,11,14-16,19H,9-10,12-13H2,1-3H3,(H,33,38)(H,34,39)(H,35,37). The van der Waals surface area contributed by atoms with Crippen molar-refractivity contribution in [3.8, 4) is 11.6 Å². The molecule has 1 saturated carbocycles. The first-order valence-corrected chi connectivity index (χ1v) is 14.3. The van der Waals surface area contributed by atoms with Crippen LogP contribution in [0.2, 0.25) is 0 Å². The number of nitrogens with one attached hydrogen (secondary N) is 3. The number of benzene rings is 1. The Labute approximate surface area is 241 Å². The van der Waals surface area contributed by atoms with Crippen LogP contribution in [0.4, 0.5) is 21.9 Å². The Morgan fingerprint density at radius 1 is 1.12 bits per heavy atom. The van der Waals surface area contributed by atoms with Gasteiger partial charge < -0.3 is 20.7 Å². The molecule has 11 heteroatoms. The fourth-order valence-electron chi connectivity index (χ4n) is 5.61. The number of urea groups is 1. The van der Waals surface area contributed by atoms with Crippen LogP contribution < -0.4 is 25.6 Å². The van der Waals surface area contributed by atoms with Gasteiger partial charge in [-0.05, 0) is 63.3 Å². The second kappa shape index (κ2) is 10.5. The minimum Gasteiger partial charge on any atom is -0.439 e. The number of aryl methyl sites for hydroxylation is 1. The van der Waals surface area contributed by atoms with Crippen LogP contribution in [-0.4, -0.2) is 39.4 Å². The number of carbonyl (C=O) groups excluding carboxylic acids is 3. The largest absolute Gasteiger partial charge is 0.439 e. The molecule has 4 aromatic rings. The Kier molecular flexibility index (Phi) is 6.82. The van der Waals surface area contributed by atoms with E-state index in [4.69, 9.17) is 4.74 Å². The number of hydrogen-bond donors (Lipinski definition) is 3. The third kappa shape index (κ3) is 5.20. The molecule has 1 fully saturated rings. The molecule has 10 nitrogen and oxygen atoms in total. The minimum atomic E-state index is -0.386. The number of amides is 4. The summed E-state index contributed by atoms with van der Waals surface area (Å²) in [4.78, 5) is 50.1. The second-order valence-electron chi connectivity index (χ2n) is 10.8. The molecule has 0 atom stereocenters. The van der Waals surface area contributed by atoms with Crippen LogP contribution in [-0.2, 0) is 4.79 Å². The smallest absolute Gasteiger partial charge is 0.331 e. The van der Waals surface area contributed by atoms with Gasteiger partial charge in [0, 0.05) is 30.8 Å². The van der Waals surface area contributed by atoms with Crippen LogP contribution in [0.5, 0.6) is 11.6 Å². The van der Waals surface area contributed by atoms with E-state index < -0.39 is 0 Å². The van der Waals surface area contributed by atoms with E-state index in [0.29, 0.717) is 43.8 Å². The second-order valence-corrected chi connectivity index (χ2v) is 11.8. The van der Waals surface area contributed by atoms with Crippen molar-refractivity contribution in [3.05, 3.63) is 65.3 Å². The van der Waals surface area contributed by atoms with Crippen LogP contribution in [0.1, 0.15) is 54.8 Å². The summed E-state index contributed by atoms with van der Waals surface area (Å²) < 4.78 is 5.86. The van der Waals surface area contributed by atoms with Crippen LogP contribution in [0.25, 0.3) is 10.2 Å².